The van der Waals surface area contributed by atoms with Crippen LogP contribution in [0.5, 0.6) is 46.0 Å². The Labute approximate surface area is 323 Å². The van der Waals surface area contributed by atoms with Gasteiger partial charge < -0.3 is 28.4 Å². The van der Waals surface area contributed by atoms with Crippen LogP contribution in [0.15, 0.2) is 54.6 Å². The number of nitrogens with zero attached hydrogens (tertiary/aromatic N) is 2. The maximum absolute atomic E-state index is 6.87. The van der Waals surface area contributed by atoms with E-state index in [0.29, 0.717) is 29.6 Å². The predicted molar refractivity (Wildman–Crippen MR) is 215 cm³/mol. The van der Waals surface area contributed by atoms with Gasteiger partial charge in [-0.3, -0.25) is 9.80 Å². The first-order valence-corrected chi connectivity index (χ1v) is 21.1. The quantitative estimate of drug-likeness (QED) is 0.149. The maximum Gasteiger partial charge on any atom is 0.204 e. The van der Waals surface area contributed by atoms with E-state index in [-0.39, 0.29) is 12.1 Å². The minimum absolute atomic E-state index is 0.0583. The van der Waals surface area contributed by atoms with Crippen molar-refractivity contribution in [1.82, 2.24) is 9.80 Å². The van der Waals surface area contributed by atoms with Gasteiger partial charge in [-0.1, -0.05) is 63.4 Å². The second-order valence-corrected chi connectivity index (χ2v) is 12.8. The summed E-state index contributed by atoms with van der Waals surface area (Å²) in [5.74, 6) is 5.75. The lowest BCUT2D eigenvalue weighted by Crippen LogP contribution is -2.34. The van der Waals surface area contributed by atoms with Gasteiger partial charge in [-0.05, 0) is 108 Å². The highest BCUT2D eigenvalue weighted by Gasteiger charge is 2.36. The smallest absolute Gasteiger partial charge is 0.204 e. The van der Waals surface area contributed by atoms with E-state index in [1.807, 2.05) is 9.86 Å². The molecule has 0 saturated heterocycles. The second kappa shape index (κ2) is 16.2. The number of rotatable bonds is 3. The zero-order valence-corrected chi connectivity index (χ0v) is 34.2. The fraction of sp³-hybridized carbons (Fsp3) is 0.400. The van der Waals surface area contributed by atoms with Gasteiger partial charge in [0.1, 0.15) is 18.1 Å². The van der Waals surface area contributed by atoms with Gasteiger partial charge in [0.25, 0.3) is 0 Å². The fourth-order valence-corrected chi connectivity index (χ4v) is 7.70. The molecule has 7 aliphatic heterocycles. The highest BCUT2D eigenvalue weighted by Crippen LogP contribution is 2.53. The fourth-order valence-electron chi connectivity index (χ4n) is 7.70. The Morgan fingerprint density at radius 2 is 1.20 bits per heavy atom. The number of ether oxygens (including phenoxy) is 6. The number of likely N-dealkylation sites (N-methyl/N-ethyl adjacent to an activating group) is 2. The van der Waals surface area contributed by atoms with Crippen LogP contribution in [-0.4, -0.2) is 68.2 Å². The zero-order chi connectivity index (χ0) is 35.5. The topological polar surface area (TPSA) is 61.9 Å². The van der Waals surface area contributed by atoms with E-state index in [9.17, 15) is 0 Å². The van der Waals surface area contributed by atoms with Crippen LogP contribution in [0.3, 0.4) is 0 Å². The number of hydrogen-bond donors (Lipinski definition) is 0. The largest absolute Gasteiger partial charge is 0.493 e. The summed E-state index contributed by atoms with van der Waals surface area (Å²) in [6.45, 7) is 2.26. The Kier molecular flexibility index (Phi) is 11.9. The average molecular weight is 905 g/mol. The first kappa shape index (κ1) is 36.8. The Morgan fingerprint density at radius 3 is 1.82 bits per heavy atom. The first-order chi connectivity index (χ1) is 24.4. The Balaban J connectivity index is 0.00000104. The normalized spacial score (nSPS) is 18.7. The van der Waals surface area contributed by atoms with Crippen LogP contribution in [0.4, 0.5) is 0 Å². The molecule has 6 bridgehead atoms. The highest BCUT2D eigenvalue weighted by molar-refractivity contribution is 14.1. The minimum Gasteiger partial charge on any atom is -0.493 e. The van der Waals surface area contributed by atoms with E-state index in [1.54, 1.807) is 21.3 Å². The molecule has 50 heavy (non-hydrogen) atoms. The summed E-state index contributed by atoms with van der Waals surface area (Å²) in [6.07, 6.45) is 3.39. The third-order valence-electron chi connectivity index (χ3n) is 10.2. The molecule has 7 heterocycles. The molecule has 0 unspecified atom stereocenters. The van der Waals surface area contributed by atoms with E-state index in [2.05, 4.69) is 124 Å². The summed E-state index contributed by atoms with van der Waals surface area (Å²) in [5.41, 5.74) is 8.18. The van der Waals surface area contributed by atoms with E-state index in [4.69, 9.17) is 28.4 Å². The van der Waals surface area contributed by atoms with Crippen molar-refractivity contribution >= 4 is 45.2 Å². The molecule has 4 aromatic rings. The maximum atomic E-state index is 6.87. The second-order valence-electron chi connectivity index (χ2n) is 12.8. The average Bonchev–Trinajstić information content (AvgIpc) is 3.35. The molecule has 2 atom stereocenters. The summed E-state index contributed by atoms with van der Waals surface area (Å²) in [6, 6.07) is 19.4. The lowest BCUT2D eigenvalue weighted by Gasteiger charge is -2.37. The van der Waals surface area contributed by atoms with Crippen LogP contribution in [0.25, 0.3) is 0 Å². The van der Waals surface area contributed by atoms with E-state index in [0.717, 1.165) is 72.9 Å². The lowest BCUT2D eigenvalue weighted by atomic mass is 9.87. The molecule has 4 aromatic carbocycles. The van der Waals surface area contributed by atoms with Crippen LogP contribution in [0.2, 0.25) is 0 Å². The molecule has 0 amide bonds. The van der Waals surface area contributed by atoms with Gasteiger partial charge in [0.15, 0.2) is 23.0 Å². The van der Waals surface area contributed by atoms with Crippen molar-refractivity contribution in [3.05, 3.63) is 93.5 Å². The van der Waals surface area contributed by atoms with Gasteiger partial charge in [-0.25, -0.2) is 0 Å². The highest BCUT2D eigenvalue weighted by atomic mass is 127. The van der Waals surface area contributed by atoms with Gasteiger partial charge in [-0.2, -0.15) is 0 Å². The van der Waals surface area contributed by atoms with Crippen LogP contribution < -0.4 is 28.4 Å². The molecule has 7 aliphatic rings. The van der Waals surface area contributed by atoms with Crippen LogP contribution in [0, 0.1) is 0 Å². The Bertz CT molecular complexity index is 1830. The molecule has 10 heteroatoms. The number of benzene rings is 4. The number of alkyl halides is 2. The Hall–Kier alpha value is -2.94. The standard InChI is InChI=1S/C38H40N2O6.2CH3I/c1-39-14-13-25-20-32(42-4)36-38-34(25)28(39)17-22-6-9-27(10-7-22)45-37-33-24(19-31(41-3)35(37)43-5)12-15-40(2)29(33)18-23-8-11-30(46-38)26(16-23)21-44-36;2*1-2/h6-11,16,19-20,28-29H,12-15,17-18,21H2,1-5H3;2*1H3/t28-,29-;;/m1../s1. The zero-order valence-electron chi connectivity index (χ0n) is 29.9. The van der Waals surface area contributed by atoms with Gasteiger partial charge in [0.2, 0.25) is 11.5 Å². The van der Waals surface area contributed by atoms with Crippen LogP contribution >= 0.6 is 45.2 Å². The first-order valence-electron chi connectivity index (χ1n) is 16.8. The summed E-state index contributed by atoms with van der Waals surface area (Å²) in [5, 5.41) is 0. The summed E-state index contributed by atoms with van der Waals surface area (Å²) in [4.78, 5) is 8.76. The SMILES string of the molecule is CI.CI.COc1cc2c3c(c1OC)Oc1ccc(cc1)C[C@@H]1c4c(cc(OC)c5c4Oc4ccc(cc4CO5)C[C@H]3N(C)CC2)CCN1C. The predicted octanol–water partition coefficient (Wildman–Crippen LogP) is 9.15. The number of hydrogen-bond acceptors (Lipinski definition) is 8. The Morgan fingerprint density at radius 1 is 0.620 bits per heavy atom. The van der Waals surface area contributed by atoms with Crippen LogP contribution in [0.1, 0.15) is 51.0 Å². The summed E-state index contributed by atoms with van der Waals surface area (Å²) in [7, 11) is 9.45. The van der Waals surface area contributed by atoms with Crippen molar-refractivity contribution in [2.24, 2.45) is 0 Å². The van der Waals surface area contributed by atoms with E-state index < -0.39 is 0 Å². The molecular weight excluding hydrogens is 858 g/mol. The molecule has 8 nitrogen and oxygen atoms in total. The monoisotopic (exact) mass is 904 g/mol. The van der Waals surface area contributed by atoms with Crippen molar-refractivity contribution in [3.8, 4) is 46.0 Å². The summed E-state index contributed by atoms with van der Waals surface area (Å²) < 4.78 is 37.9. The van der Waals surface area contributed by atoms with Gasteiger partial charge in [0, 0.05) is 41.9 Å². The number of halogens is 2. The molecule has 266 valence electrons. The third-order valence-corrected chi connectivity index (χ3v) is 10.2. The molecule has 0 saturated carbocycles. The van der Waals surface area contributed by atoms with Gasteiger partial charge in [0.05, 0.1) is 21.3 Å². The molecule has 0 spiro atoms. The molecular formula is C40H46I2N2O6. The molecule has 11 rings (SSSR count). The molecule has 0 aliphatic carbocycles. The molecule has 0 N–H and O–H groups in total. The molecule has 0 aromatic heterocycles. The van der Waals surface area contributed by atoms with Gasteiger partial charge in [-0.15, -0.1) is 0 Å². The van der Waals surface area contributed by atoms with Crippen LogP contribution in [-0.2, 0) is 32.3 Å². The molecule has 0 radical (unpaired) electrons. The van der Waals surface area contributed by atoms with Crippen molar-refractivity contribution in [2.75, 3.05) is 58.4 Å². The van der Waals surface area contributed by atoms with Crippen molar-refractivity contribution < 1.29 is 28.4 Å². The summed E-state index contributed by atoms with van der Waals surface area (Å²) >= 11 is 4.30. The minimum atomic E-state index is 0.0583. The van der Waals surface area contributed by atoms with Gasteiger partial charge >= 0.3 is 0 Å². The van der Waals surface area contributed by atoms with Crippen molar-refractivity contribution in [1.29, 1.82) is 0 Å². The van der Waals surface area contributed by atoms with Crippen molar-refractivity contribution in [3.63, 3.8) is 0 Å². The molecule has 0 fully saturated rings. The lowest BCUT2D eigenvalue weighted by molar-refractivity contribution is 0.221. The number of methoxy groups -OCH3 is 3. The van der Waals surface area contributed by atoms with E-state index in [1.165, 1.54) is 27.8 Å². The third kappa shape index (κ3) is 6.84. The van der Waals surface area contributed by atoms with E-state index >= 15 is 0 Å². The van der Waals surface area contributed by atoms with Crippen molar-refractivity contribution in [2.45, 2.75) is 44.4 Å².